The molecule has 2 N–H and O–H groups in total. The molecule has 1 aliphatic rings. The van der Waals surface area contributed by atoms with Gasteiger partial charge in [0, 0.05) is 15.8 Å². The number of carbonyl (C=O) groups is 1. The van der Waals surface area contributed by atoms with Crippen molar-refractivity contribution < 1.29 is 13.2 Å². The van der Waals surface area contributed by atoms with Gasteiger partial charge in [0.15, 0.2) is 9.84 Å². The number of amides is 1. The molecule has 3 rings (SSSR count). The number of hydrogen-bond donors (Lipinski definition) is 2. The summed E-state index contributed by atoms with van der Waals surface area (Å²) in [6.07, 6.45) is 3.46. The molecule has 2 aromatic carbocycles. The molecule has 0 bridgehead atoms. The minimum absolute atomic E-state index is 0.101. The summed E-state index contributed by atoms with van der Waals surface area (Å²) in [7, 11) is -3.25. The van der Waals surface area contributed by atoms with E-state index in [1.165, 1.54) is 0 Å². The molecule has 1 aliphatic carbocycles. The highest BCUT2D eigenvalue weighted by atomic mass is 79.9. The molecular weight excluding hydrogens is 428 g/mol. The number of nitrogens with one attached hydrogen (secondary N) is 2. The van der Waals surface area contributed by atoms with Crippen LogP contribution in [0.4, 0.5) is 11.4 Å². The quantitative estimate of drug-likeness (QED) is 0.677. The van der Waals surface area contributed by atoms with Crippen molar-refractivity contribution in [1.82, 2.24) is 0 Å². The van der Waals surface area contributed by atoms with Crippen LogP contribution < -0.4 is 10.6 Å². The zero-order valence-electron chi connectivity index (χ0n) is 15.2. The Morgan fingerprint density at radius 1 is 1.07 bits per heavy atom. The number of anilines is 2. The Balaban J connectivity index is 1.56. The predicted octanol–water partition coefficient (Wildman–Crippen LogP) is 4.52. The summed E-state index contributed by atoms with van der Waals surface area (Å²) >= 11 is 3.43. The number of sulfone groups is 1. The molecule has 0 unspecified atom stereocenters. The molecule has 0 aromatic heterocycles. The number of carbonyl (C=O) groups excluding carboxylic acids is 1. The van der Waals surface area contributed by atoms with Gasteiger partial charge in [-0.2, -0.15) is 0 Å². The third-order valence-corrected chi connectivity index (χ3v) is 7.99. The first-order valence-electron chi connectivity index (χ1n) is 9.00. The van der Waals surface area contributed by atoms with Gasteiger partial charge < -0.3 is 10.6 Å². The Kier molecular flexibility index (Phi) is 6.22. The lowest BCUT2D eigenvalue weighted by Gasteiger charge is -2.12. The van der Waals surface area contributed by atoms with Gasteiger partial charge in [-0.3, -0.25) is 4.79 Å². The van der Waals surface area contributed by atoms with E-state index in [1.807, 2.05) is 25.1 Å². The second kappa shape index (κ2) is 8.44. The number of aryl methyl sites for hydroxylation is 1. The molecule has 1 fully saturated rings. The van der Waals surface area contributed by atoms with Crippen molar-refractivity contribution in [2.45, 2.75) is 42.8 Å². The smallest absolute Gasteiger partial charge is 0.243 e. The largest absolute Gasteiger partial charge is 0.376 e. The van der Waals surface area contributed by atoms with Gasteiger partial charge in [0.1, 0.15) is 0 Å². The van der Waals surface area contributed by atoms with E-state index in [9.17, 15) is 13.2 Å². The van der Waals surface area contributed by atoms with Gasteiger partial charge in [0.05, 0.1) is 16.7 Å². The molecule has 0 saturated heterocycles. The third kappa shape index (κ3) is 4.90. The maximum atomic E-state index is 12.6. The molecule has 2 aromatic rings. The van der Waals surface area contributed by atoms with Gasteiger partial charge in [-0.25, -0.2) is 8.42 Å². The lowest BCUT2D eigenvalue weighted by atomic mass is 10.2. The second-order valence-corrected chi connectivity index (χ2v) is 9.92. The Hall–Kier alpha value is -1.86. The van der Waals surface area contributed by atoms with E-state index in [2.05, 4.69) is 26.6 Å². The maximum absolute atomic E-state index is 12.6. The highest BCUT2D eigenvalue weighted by molar-refractivity contribution is 9.10. The van der Waals surface area contributed by atoms with Crippen LogP contribution >= 0.6 is 15.9 Å². The van der Waals surface area contributed by atoms with Crippen LogP contribution in [0, 0.1) is 6.92 Å². The van der Waals surface area contributed by atoms with Gasteiger partial charge in [-0.05, 0) is 67.8 Å². The van der Waals surface area contributed by atoms with E-state index in [1.54, 1.807) is 24.3 Å². The predicted molar refractivity (Wildman–Crippen MR) is 112 cm³/mol. The maximum Gasteiger partial charge on any atom is 0.243 e. The van der Waals surface area contributed by atoms with Crippen molar-refractivity contribution in [2.24, 2.45) is 0 Å². The van der Waals surface area contributed by atoms with Crippen LogP contribution in [0.15, 0.2) is 51.8 Å². The van der Waals surface area contributed by atoms with E-state index < -0.39 is 9.84 Å². The van der Waals surface area contributed by atoms with Gasteiger partial charge in [-0.1, -0.05) is 28.8 Å². The van der Waals surface area contributed by atoms with Crippen molar-refractivity contribution in [3.05, 3.63) is 52.5 Å². The first kappa shape index (κ1) is 19.9. The molecule has 7 heteroatoms. The third-order valence-electron chi connectivity index (χ3n) is 4.82. The van der Waals surface area contributed by atoms with Gasteiger partial charge in [-0.15, -0.1) is 0 Å². The first-order valence-corrected chi connectivity index (χ1v) is 11.3. The van der Waals surface area contributed by atoms with Crippen molar-refractivity contribution in [2.75, 3.05) is 17.2 Å². The molecule has 0 aliphatic heterocycles. The summed E-state index contributed by atoms with van der Waals surface area (Å²) in [4.78, 5) is 12.5. The van der Waals surface area contributed by atoms with Crippen molar-refractivity contribution in [3.8, 4) is 0 Å². The zero-order chi connectivity index (χ0) is 19.4. The molecule has 144 valence electrons. The molecule has 27 heavy (non-hydrogen) atoms. The van der Waals surface area contributed by atoms with E-state index in [0.29, 0.717) is 10.6 Å². The molecule has 0 heterocycles. The van der Waals surface area contributed by atoms with Crippen molar-refractivity contribution in [1.29, 1.82) is 0 Å². The van der Waals surface area contributed by atoms with Gasteiger partial charge in [0.25, 0.3) is 0 Å². The van der Waals surface area contributed by atoms with Crippen LogP contribution in [-0.2, 0) is 14.6 Å². The van der Waals surface area contributed by atoms with Crippen LogP contribution in [0.5, 0.6) is 0 Å². The molecule has 0 radical (unpaired) electrons. The summed E-state index contributed by atoms with van der Waals surface area (Å²) in [6.45, 7) is 2.06. The Morgan fingerprint density at radius 2 is 1.70 bits per heavy atom. The standard InChI is InChI=1S/C20H23BrN2O3S/c1-14-12-16(8-11-19(14)21)23-20(24)13-22-15-6-9-18(10-7-15)27(25,26)17-4-2-3-5-17/h6-12,17,22H,2-5,13H2,1H3,(H,23,24). The number of rotatable bonds is 6. The topological polar surface area (TPSA) is 75.3 Å². The number of hydrogen-bond acceptors (Lipinski definition) is 4. The molecule has 0 spiro atoms. The van der Waals surface area contributed by atoms with Crippen LogP contribution in [0.2, 0.25) is 0 Å². The summed E-state index contributed by atoms with van der Waals surface area (Å²) < 4.78 is 26.1. The fourth-order valence-electron chi connectivity index (χ4n) is 3.26. The van der Waals surface area contributed by atoms with Crippen LogP contribution in [0.3, 0.4) is 0 Å². The fourth-order valence-corrected chi connectivity index (χ4v) is 5.36. The minimum Gasteiger partial charge on any atom is -0.376 e. The van der Waals surface area contributed by atoms with Gasteiger partial charge in [0.2, 0.25) is 5.91 Å². The van der Waals surface area contributed by atoms with Crippen LogP contribution in [-0.4, -0.2) is 26.1 Å². The summed E-state index contributed by atoms with van der Waals surface area (Å²) in [5, 5.41) is 5.60. The lowest BCUT2D eigenvalue weighted by Crippen LogP contribution is -2.22. The Labute approximate surface area is 168 Å². The van der Waals surface area contributed by atoms with E-state index in [4.69, 9.17) is 0 Å². The first-order chi connectivity index (χ1) is 12.9. The second-order valence-electron chi connectivity index (χ2n) is 6.84. The number of benzene rings is 2. The lowest BCUT2D eigenvalue weighted by molar-refractivity contribution is -0.114. The summed E-state index contributed by atoms with van der Waals surface area (Å²) in [5.41, 5.74) is 2.49. The van der Waals surface area contributed by atoms with Crippen molar-refractivity contribution >= 4 is 43.0 Å². The van der Waals surface area contributed by atoms with Gasteiger partial charge >= 0.3 is 0 Å². The Morgan fingerprint density at radius 3 is 2.33 bits per heavy atom. The molecule has 1 amide bonds. The molecule has 0 atom stereocenters. The number of halogens is 1. The van der Waals surface area contributed by atoms with Crippen LogP contribution in [0.25, 0.3) is 0 Å². The average Bonchev–Trinajstić information content (AvgIpc) is 3.19. The molecule has 1 saturated carbocycles. The average molecular weight is 451 g/mol. The normalized spacial score (nSPS) is 14.9. The van der Waals surface area contributed by atoms with E-state index in [-0.39, 0.29) is 17.7 Å². The summed E-state index contributed by atoms with van der Waals surface area (Å²) in [5.74, 6) is -0.167. The van der Waals surface area contributed by atoms with E-state index in [0.717, 1.165) is 41.4 Å². The highest BCUT2D eigenvalue weighted by Crippen LogP contribution is 2.30. The molecule has 5 nitrogen and oxygen atoms in total. The monoisotopic (exact) mass is 450 g/mol. The molecular formula is C20H23BrN2O3S. The van der Waals surface area contributed by atoms with Crippen LogP contribution in [0.1, 0.15) is 31.2 Å². The fraction of sp³-hybridized carbons (Fsp3) is 0.350. The Bertz CT molecular complexity index is 921. The minimum atomic E-state index is -3.25. The zero-order valence-corrected chi connectivity index (χ0v) is 17.6. The SMILES string of the molecule is Cc1cc(NC(=O)CNc2ccc(S(=O)(=O)C3CCCC3)cc2)ccc1Br. The highest BCUT2D eigenvalue weighted by Gasteiger charge is 2.30. The van der Waals surface area contributed by atoms with Crippen molar-refractivity contribution in [3.63, 3.8) is 0 Å². The van der Waals surface area contributed by atoms with E-state index >= 15 is 0 Å². The summed E-state index contributed by atoms with van der Waals surface area (Å²) in [6, 6.07) is 12.3.